The first kappa shape index (κ1) is 22.1. The average Bonchev–Trinajstić information content (AvgIpc) is 2.46. The van der Waals surface area contributed by atoms with Crippen LogP contribution in [0.25, 0.3) is 0 Å². The smallest absolute Gasteiger partial charge is 1.00 e. The second-order valence-electron chi connectivity index (χ2n) is 4.59. The van der Waals surface area contributed by atoms with E-state index in [1.54, 1.807) is 0 Å². The van der Waals surface area contributed by atoms with Crippen molar-refractivity contribution in [3.8, 4) is 11.5 Å². The number of aliphatic hydroxyl groups is 1. The number of carbonyl (C=O) groups excluding carboxylic acids is 2. The van der Waals surface area contributed by atoms with Crippen molar-refractivity contribution in [3.05, 3.63) is 23.8 Å². The van der Waals surface area contributed by atoms with Crippen LogP contribution >= 0.6 is 0 Å². The van der Waals surface area contributed by atoms with Crippen molar-refractivity contribution in [3.63, 3.8) is 0 Å². The number of ether oxygens (including phenoxy) is 2. The Kier molecular flexibility index (Phi) is 8.62. The van der Waals surface area contributed by atoms with E-state index in [9.17, 15) is 24.3 Å². The molecule has 0 heterocycles. The first-order chi connectivity index (χ1) is 10.7. The largest absolute Gasteiger partial charge is 1.00 e. The minimum Gasteiger partial charge on any atom is -1.00 e. The molecule has 1 atom stereocenters. The second-order valence-corrected chi connectivity index (χ2v) is 4.59. The van der Waals surface area contributed by atoms with Gasteiger partial charge in [-0.15, -0.1) is 0 Å². The van der Waals surface area contributed by atoms with Crippen molar-refractivity contribution in [2.75, 3.05) is 7.11 Å². The van der Waals surface area contributed by atoms with E-state index in [4.69, 9.17) is 19.7 Å². The molecule has 0 aliphatic heterocycles. The Balaban J connectivity index is 0. The van der Waals surface area contributed by atoms with Crippen LogP contribution < -0.4 is 39.0 Å². The minimum absolute atomic E-state index is 0. The van der Waals surface area contributed by atoms with Crippen molar-refractivity contribution in [1.29, 1.82) is 0 Å². The van der Waals surface area contributed by atoms with Crippen molar-refractivity contribution in [1.82, 2.24) is 0 Å². The van der Waals surface area contributed by atoms with Crippen LogP contribution in [0.15, 0.2) is 18.2 Å². The van der Waals surface area contributed by atoms with Crippen LogP contribution in [0.2, 0.25) is 0 Å². The fourth-order valence-corrected chi connectivity index (χ4v) is 1.70. The Morgan fingerprint density at radius 2 is 1.83 bits per heavy atom. The van der Waals surface area contributed by atoms with E-state index in [1.165, 1.54) is 25.3 Å². The molecule has 1 aromatic carbocycles. The number of benzene rings is 1. The summed E-state index contributed by atoms with van der Waals surface area (Å²) < 4.78 is 9.79. The maximum atomic E-state index is 11.8. The predicted molar refractivity (Wildman–Crippen MR) is 74.6 cm³/mol. The molecule has 0 fully saturated rings. The molecule has 0 aromatic heterocycles. The standard InChI is InChI=1S/C14H14O9.Na.H/c1-22-10-4-8(7-15)2-3-9(10)23-12(18)6-14(21,13(19)20)5-11(16)17;;/h2-4,7,21H,5-6H2,1H3,(H,16,17)(H,19,20);;/q;+1;-1. The quantitative estimate of drug-likeness (QED) is 0.196. The number of carboxylic acids is 2. The van der Waals surface area contributed by atoms with Crippen LogP contribution in [0.4, 0.5) is 0 Å². The number of methoxy groups -OCH3 is 1. The van der Waals surface area contributed by atoms with Gasteiger partial charge >= 0.3 is 47.5 Å². The monoisotopic (exact) mass is 350 g/mol. The van der Waals surface area contributed by atoms with Crippen LogP contribution in [-0.2, 0) is 14.4 Å². The van der Waals surface area contributed by atoms with Gasteiger partial charge in [0.25, 0.3) is 0 Å². The van der Waals surface area contributed by atoms with Gasteiger partial charge in [0.05, 0.1) is 20.0 Å². The van der Waals surface area contributed by atoms with Crippen molar-refractivity contribution >= 4 is 24.2 Å². The zero-order valence-corrected chi connectivity index (χ0v) is 15.0. The van der Waals surface area contributed by atoms with Gasteiger partial charge in [-0.3, -0.25) is 14.4 Å². The van der Waals surface area contributed by atoms with E-state index in [2.05, 4.69) is 0 Å². The summed E-state index contributed by atoms with van der Waals surface area (Å²) in [5.74, 6) is -4.68. The molecule has 0 amide bonds. The summed E-state index contributed by atoms with van der Waals surface area (Å²) in [5, 5.41) is 27.2. The zero-order valence-electron chi connectivity index (χ0n) is 14.0. The summed E-state index contributed by atoms with van der Waals surface area (Å²) >= 11 is 0. The SMILES string of the molecule is COc1cc(C=O)ccc1OC(=O)CC(O)(CC(=O)O)C(=O)O.[H-].[Na+]. The summed E-state index contributed by atoms with van der Waals surface area (Å²) in [6.07, 6.45) is -1.70. The molecule has 0 bridgehead atoms. The number of rotatable bonds is 8. The van der Waals surface area contributed by atoms with E-state index in [1.807, 2.05) is 0 Å². The molecular formula is C14H15NaO9. The van der Waals surface area contributed by atoms with E-state index >= 15 is 0 Å². The molecule has 9 nitrogen and oxygen atoms in total. The Labute approximate surface area is 160 Å². The van der Waals surface area contributed by atoms with E-state index in [-0.39, 0.29) is 48.0 Å². The normalized spacial score (nSPS) is 12.2. The number of hydrogen-bond donors (Lipinski definition) is 3. The number of hydrogen-bond acceptors (Lipinski definition) is 7. The fraction of sp³-hybridized carbons (Fsp3) is 0.286. The van der Waals surface area contributed by atoms with Gasteiger partial charge in [-0.05, 0) is 18.2 Å². The number of aldehydes is 1. The van der Waals surface area contributed by atoms with Gasteiger partial charge in [-0.25, -0.2) is 4.79 Å². The van der Waals surface area contributed by atoms with E-state index in [0.717, 1.165) is 0 Å². The van der Waals surface area contributed by atoms with Crippen LogP contribution in [-0.4, -0.2) is 52.2 Å². The molecule has 0 saturated heterocycles. The third-order valence-corrected chi connectivity index (χ3v) is 2.83. The maximum Gasteiger partial charge on any atom is 1.00 e. The summed E-state index contributed by atoms with van der Waals surface area (Å²) in [6.45, 7) is 0. The summed E-state index contributed by atoms with van der Waals surface area (Å²) in [6, 6.07) is 3.87. The number of carbonyl (C=O) groups is 4. The molecule has 0 aliphatic rings. The minimum atomic E-state index is -2.79. The number of esters is 1. The number of aliphatic carboxylic acids is 2. The molecule has 0 aliphatic carbocycles. The third-order valence-electron chi connectivity index (χ3n) is 2.83. The fourth-order valence-electron chi connectivity index (χ4n) is 1.70. The Hall–Kier alpha value is -1.94. The van der Waals surface area contributed by atoms with Gasteiger partial charge in [0.2, 0.25) is 0 Å². The Bertz CT molecular complexity index is 649. The van der Waals surface area contributed by atoms with Gasteiger partial charge in [0.15, 0.2) is 17.1 Å². The molecule has 126 valence electrons. The molecule has 10 heteroatoms. The van der Waals surface area contributed by atoms with Gasteiger partial charge in [-0.2, -0.15) is 0 Å². The molecule has 0 spiro atoms. The predicted octanol–water partition coefficient (Wildman–Crippen LogP) is -2.79. The third kappa shape index (κ3) is 5.93. The molecule has 0 saturated carbocycles. The van der Waals surface area contributed by atoms with Gasteiger partial charge in [-0.1, -0.05) is 0 Å². The van der Waals surface area contributed by atoms with Crippen LogP contribution in [0.1, 0.15) is 24.6 Å². The van der Waals surface area contributed by atoms with Gasteiger partial charge < -0.3 is 26.2 Å². The Morgan fingerprint density at radius 1 is 1.21 bits per heavy atom. The molecule has 1 unspecified atom stereocenters. The first-order valence-corrected chi connectivity index (χ1v) is 6.23. The molecule has 1 rings (SSSR count). The average molecular weight is 350 g/mol. The molecule has 0 radical (unpaired) electrons. The van der Waals surface area contributed by atoms with Crippen LogP contribution in [0.3, 0.4) is 0 Å². The summed E-state index contributed by atoms with van der Waals surface area (Å²) in [7, 11) is 1.26. The molecule has 3 N–H and O–H groups in total. The topological polar surface area (TPSA) is 147 Å². The van der Waals surface area contributed by atoms with Gasteiger partial charge in [0, 0.05) is 5.56 Å². The zero-order chi connectivity index (χ0) is 17.6. The van der Waals surface area contributed by atoms with Crippen molar-refractivity contribution < 1.29 is 75.0 Å². The maximum absolute atomic E-state index is 11.8. The van der Waals surface area contributed by atoms with Crippen LogP contribution in [0, 0.1) is 0 Å². The van der Waals surface area contributed by atoms with Crippen molar-refractivity contribution in [2.24, 2.45) is 0 Å². The van der Waals surface area contributed by atoms with E-state index < -0.39 is 36.4 Å². The van der Waals surface area contributed by atoms with Gasteiger partial charge in [0.1, 0.15) is 6.29 Å². The van der Waals surface area contributed by atoms with Crippen LogP contribution in [0.5, 0.6) is 11.5 Å². The summed E-state index contributed by atoms with van der Waals surface area (Å²) in [5.41, 5.74) is -2.53. The summed E-state index contributed by atoms with van der Waals surface area (Å²) in [4.78, 5) is 44.0. The number of carboxylic acid groups (broad SMARTS) is 2. The molecule has 1 aromatic rings. The first-order valence-electron chi connectivity index (χ1n) is 6.23. The second kappa shape index (κ2) is 9.38. The molecular weight excluding hydrogens is 335 g/mol. The Morgan fingerprint density at radius 3 is 2.29 bits per heavy atom. The van der Waals surface area contributed by atoms with E-state index in [0.29, 0.717) is 6.29 Å². The molecule has 24 heavy (non-hydrogen) atoms. The van der Waals surface area contributed by atoms with Crippen molar-refractivity contribution in [2.45, 2.75) is 18.4 Å².